The van der Waals surface area contributed by atoms with Gasteiger partial charge < -0.3 is 9.72 Å². The number of aromatic amines is 1. The molecular formula is C18H18N2O3S. The Morgan fingerprint density at radius 1 is 1.38 bits per heavy atom. The van der Waals surface area contributed by atoms with Crippen LogP contribution in [0.5, 0.6) is 0 Å². The molecule has 1 atom stereocenters. The van der Waals surface area contributed by atoms with Crippen molar-refractivity contribution in [1.82, 2.24) is 9.97 Å². The minimum Gasteiger partial charge on any atom is -0.450 e. The van der Waals surface area contributed by atoms with Crippen molar-refractivity contribution in [3.8, 4) is 0 Å². The van der Waals surface area contributed by atoms with E-state index in [1.165, 1.54) is 11.3 Å². The number of carbonyl (C=O) groups excluding carboxylic acids is 1. The maximum atomic E-state index is 12.3. The molecule has 0 amide bonds. The van der Waals surface area contributed by atoms with E-state index in [9.17, 15) is 9.59 Å². The summed E-state index contributed by atoms with van der Waals surface area (Å²) in [5.74, 6) is -0.0536. The minimum absolute atomic E-state index is 0.237. The van der Waals surface area contributed by atoms with Crippen molar-refractivity contribution in [2.24, 2.45) is 0 Å². The maximum absolute atomic E-state index is 12.3. The third-order valence-corrected chi connectivity index (χ3v) is 4.98. The van der Waals surface area contributed by atoms with Crippen molar-refractivity contribution in [3.63, 3.8) is 0 Å². The summed E-state index contributed by atoms with van der Waals surface area (Å²) in [7, 11) is 0. The predicted molar refractivity (Wildman–Crippen MR) is 94.6 cm³/mol. The van der Waals surface area contributed by atoms with Crippen LogP contribution in [0.25, 0.3) is 10.9 Å². The average molecular weight is 342 g/mol. The summed E-state index contributed by atoms with van der Waals surface area (Å²) in [6.07, 6.45) is 0.243. The monoisotopic (exact) mass is 342 g/mol. The molecule has 6 heteroatoms. The molecule has 1 N–H and O–H groups in total. The normalized spacial score (nSPS) is 12.3. The number of fused-ring (bicyclic) bond motifs is 1. The van der Waals surface area contributed by atoms with Gasteiger partial charge in [0.15, 0.2) is 11.9 Å². The molecule has 0 saturated heterocycles. The minimum atomic E-state index is -0.637. The number of nitrogens with one attached hydrogen (secondary N) is 1. The summed E-state index contributed by atoms with van der Waals surface area (Å²) in [5, 5.41) is 0.515. The van der Waals surface area contributed by atoms with Crippen LogP contribution < -0.4 is 5.56 Å². The predicted octanol–water partition coefficient (Wildman–Crippen LogP) is 3.77. The lowest BCUT2D eigenvalue weighted by Crippen LogP contribution is -2.17. The first-order chi connectivity index (χ1) is 11.5. The Hall–Kier alpha value is -2.47. The fourth-order valence-electron chi connectivity index (χ4n) is 2.54. The summed E-state index contributed by atoms with van der Waals surface area (Å²) >= 11 is 1.42. The summed E-state index contributed by atoms with van der Waals surface area (Å²) in [6, 6.07) is 8.94. The van der Waals surface area contributed by atoms with Crippen molar-refractivity contribution in [2.75, 3.05) is 0 Å². The van der Waals surface area contributed by atoms with Gasteiger partial charge in [-0.05, 0) is 44.0 Å². The quantitative estimate of drug-likeness (QED) is 0.733. The molecule has 0 unspecified atom stereocenters. The fraction of sp³-hybridized carbons (Fsp3) is 0.278. The van der Waals surface area contributed by atoms with Crippen LogP contribution in [0.2, 0.25) is 0 Å². The van der Waals surface area contributed by atoms with Crippen molar-refractivity contribution in [3.05, 3.63) is 61.8 Å². The molecule has 0 saturated carbocycles. The lowest BCUT2D eigenvalue weighted by atomic mass is 10.2. The van der Waals surface area contributed by atoms with Gasteiger partial charge in [0.25, 0.3) is 5.56 Å². The zero-order valence-electron chi connectivity index (χ0n) is 13.8. The Labute approximate surface area is 143 Å². The summed E-state index contributed by atoms with van der Waals surface area (Å²) in [4.78, 5) is 33.2. The first kappa shape index (κ1) is 16.4. The molecular weight excluding hydrogens is 324 g/mol. The summed E-state index contributed by atoms with van der Waals surface area (Å²) in [6.45, 7) is 5.74. The highest BCUT2D eigenvalue weighted by Gasteiger charge is 2.19. The fourth-order valence-corrected chi connectivity index (χ4v) is 3.54. The Kier molecular flexibility index (Phi) is 4.49. The summed E-state index contributed by atoms with van der Waals surface area (Å²) < 4.78 is 5.48. The number of ether oxygens (including phenoxy) is 1. The van der Waals surface area contributed by atoms with Crippen LogP contribution in [-0.2, 0) is 11.2 Å². The van der Waals surface area contributed by atoms with Gasteiger partial charge in [0.2, 0.25) is 0 Å². The average Bonchev–Trinajstić information content (AvgIpc) is 2.96. The van der Waals surface area contributed by atoms with Crippen LogP contribution in [0, 0.1) is 6.92 Å². The molecule has 0 spiro atoms. The highest BCUT2D eigenvalue weighted by molar-refractivity contribution is 7.14. The van der Waals surface area contributed by atoms with E-state index in [0.717, 1.165) is 16.9 Å². The standard InChI is InChI=1S/C18H18N2O3S/c1-4-12-9-15(24-11(12)3)18(22)23-10(2)16-19-14-8-6-5-7-13(14)17(21)20-16/h5-10H,4H2,1-3H3,(H,19,20,21)/t10-/m0/s1. The lowest BCUT2D eigenvalue weighted by Gasteiger charge is -2.12. The number of aromatic nitrogens is 2. The van der Waals surface area contributed by atoms with Crippen LogP contribution in [0.1, 0.15) is 45.9 Å². The Bertz CT molecular complexity index is 958. The smallest absolute Gasteiger partial charge is 0.349 e. The van der Waals surface area contributed by atoms with Gasteiger partial charge in [-0.25, -0.2) is 9.78 Å². The zero-order chi connectivity index (χ0) is 17.3. The van der Waals surface area contributed by atoms with E-state index in [1.807, 2.05) is 19.1 Å². The van der Waals surface area contributed by atoms with Crippen molar-refractivity contribution in [1.29, 1.82) is 0 Å². The van der Waals surface area contributed by atoms with E-state index in [0.29, 0.717) is 21.6 Å². The molecule has 0 aliphatic rings. The van der Waals surface area contributed by atoms with Crippen molar-refractivity contribution >= 4 is 28.2 Å². The third-order valence-electron chi connectivity index (χ3n) is 3.90. The van der Waals surface area contributed by atoms with Gasteiger partial charge in [-0.15, -0.1) is 11.3 Å². The van der Waals surface area contributed by atoms with Crippen molar-refractivity contribution < 1.29 is 9.53 Å². The first-order valence-corrected chi connectivity index (χ1v) is 8.60. The van der Waals surface area contributed by atoms with E-state index in [2.05, 4.69) is 16.9 Å². The van der Waals surface area contributed by atoms with Crippen LogP contribution in [-0.4, -0.2) is 15.9 Å². The highest BCUT2D eigenvalue weighted by Crippen LogP contribution is 2.24. The second-order valence-electron chi connectivity index (χ2n) is 5.56. The number of para-hydroxylation sites is 1. The number of hydrogen-bond acceptors (Lipinski definition) is 5. The van der Waals surface area contributed by atoms with E-state index in [-0.39, 0.29) is 5.56 Å². The van der Waals surface area contributed by atoms with Crippen LogP contribution >= 0.6 is 11.3 Å². The SMILES string of the molecule is CCc1cc(C(=O)O[C@@H](C)c2nc3ccccc3c(=O)[nH]2)sc1C. The largest absolute Gasteiger partial charge is 0.450 e. The molecule has 3 aromatic rings. The van der Waals surface area contributed by atoms with E-state index >= 15 is 0 Å². The zero-order valence-corrected chi connectivity index (χ0v) is 14.6. The number of carbonyl (C=O) groups is 1. The number of esters is 1. The topological polar surface area (TPSA) is 72.0 Å². The van der Waals surface area contributed by atoms with Gasteiger partial charge in [-0.2, -0.15) is 0 Å². The number of nitrogens with zero attached hydrogens (tertiary/aromatic N) is 1. The lowest BCUT2D eigenvalue weighted by molar-refractivity contribution is 0.0326. The summed E-state index contributed by atoms with van der Waals surface area (Å²) in [5.41, 5.74) is 1.50. The molecule has 2 aromatic heterocycles. The van der Waals surface area contributed by atoms with Gasteiger partial charge in [0.05, 0.1) is 10.9 Å². The van der Waals surface area contributed by atoms with Gasteiger partial charge in [-0.1, -0.05) is 19.1 Å². The third kappa shape index (κ3) is 3.10. The van der Waals surface area contributed by atoms with Gasteiger partial charge in [0, 0.05) is 4.88 Å². The van der Waals surface area contributed by atoms with E-state index in [4.69, 9.17) is 4.74 Å². The second-order valence-corrected chi connectivity index (χ2v) is 6.82. The molecule has 0 bridgehead atoms. The first-order valence-electron chi connectivity index (χ1n) is 7.78. The number of H-pyrrole nitrogens is 1. The molecule has 24 heavy (non-hydrogen) atoms. The van der Waals surface area contributed by atoms with Crippen LogP contribution in [0.3, 0.4) is 0 Å². The number of aryl methyl sites for hydroxylation is 2. The molecule has 2 heterocycles. The molecule has 3 rings (SSSR count). The Morgan fingerprint density at radius 3 is 2.83 bits per heavy atom. The Balaban J connectivity index is 1.85. The van der Waals surface area contributed by atoms with Crippen LogP contribution in [0.4, 0.5) is 0 Å². The van der Waals surface area contributed by atoms with E-state index < -0.39 is 12.1 Å². The van der Waals surface area contributed by atoms with Gasteiger partial charge in [-0.3, -0.25) is 4.79 Å². The van der Waals surface area contributed by atoms with Crippen molar-refractivity contribution in [2.45, 2.75) is 33.3 Å². The molecule has 1 aromatic carbocycles. The number of thiophene rings is 1. The maximum Gasteiger partial charge on any atom is 0.349 e. The molecule has 0 radical (unpaired) electrons. The molecule has 0 fully saturated rings. The molecule has 5 nitrogen and oxygen atoms in total. The van der Waals surface area contributed by atoms with Gasteiger partial charge in [0.1, 0.15) is 4.88 Å². The molecule has 0 aliphatic carbocycles. The number of rotatable bonds is 4. The van der Waals surface area contributed by atoms with E-state index in [1.54, 1.807) is 25.1 Å². The van der Waals surface area contributed by atoms with Crippen LogP contribution in [0.15, 0.2) is 35.1 Å². The number of benzene rings is 1. The highest BCUT2D eigenvalue weighted by atomic mass is 32.1. The van der Waals surface area contributed by atoms with Gasteiger partial charge >= 0.3 is 5.97 Å². The second kappa shape index (κ2) is 6.57. The molecule has 124 valence electrons. The molecule has 0 aliphatic heterocycles. The Morgan fingerprint density at radius 2 is 2.12 bits per heavy atom. The number of hydrogen-bond donors (Lipinski definition) is 1.